The molecule has 0 N–H and O–H groups in total. The van der Waals surface area contributed by atoms with Crippen LogP contribution in [-0.4, -0.2) is 90.9 Å². The van der Waals surface area contributed by atoms with Gasteiger partial charge in [0.1, 0.15) is 12.2 Å². The minimum absolute atomic E-state index is 0.241. The Labute approximate surface area is 169 Å². The van der Waals surface area contributed by atoms with Gasteiger partial charge in [-0.25, -0.2) is 0 Å². The van der Waals surface area contributed by atoms with Crippen molar-refractivity contribution in [3.05, 3.63) is 0 Å². The SMILES string of the molecule is C#CCOCCOCCOCCOCCOCCOCCC(=O)OC(C)(C)C. The summed E-state index contributed by atoms with van der Waals surface area (Å²) in [4.78, 5) is 11.5. The van der Waals surface area contributed by atoms with Gasteiger partial charge in [0.25, 0.3) is 0 Å². The van der Waals surface area contributed by atoms with Gasteiger partial charge in [0.05, 0.1) is 79.1 Å². The molecular formula is C20H36O8. The van der Waals surface area contributed by atoms with E-state index in [0.29, 0.717) is 79.3 Å². The van der Waals surface area contributed by atoms with Gasteiger partial charge in [0.2, 0.25) is 0 Å². The molecular weight excluding hydrogens is 368 g/mol. The van der Waals surface area contributed by atoms with E-state index in [9.17, 15) is 4.79 Å². The molecule has 0 bridgehead atoms. The largest absolute Gasteiger partial charge is 0.460 e. The molecule has 164 valence electrons. The molecule has 0 aromatic carbocycles. The third-order valence-corrected chi connectivity index (χ3v) is 2.92. The van der Waals surface area contributed by atoms with Crippen LogP contribution in [0.3, 0.4) is 0 Å². The van der Waals surface area contributed by atoms with Crippen molar-refractivity contribution in [2.24, 2.45) is 0 Å². The molecule has 0 saturated carbocycles. The zero-order chi connectivity index (χ0) is 20.9. The summed E-state index contributed by atoms with van der Waals surface area (Å²) in [5.74, 6) is 2.13. The molecule has 0 aliphatic heterocycles. The maximum Gasteiger partial charge on any atom is 0.308 e. The number of carbonyl (C=O) groups excluding carboxylic acids is 1. The smallest absolute Gasteiger partial charge is 0.308 e. The van der Waals surface area contributed by atoms with Crippen LogP contribution < -0.4 is 0 Å². The first-order valence-electron chi connectivity index (χ1n) is 9.57. The molecule has 0 aromatic rings. The number of hydrogen-bond donors (Lipinski definition) is 0. The van der Waals surface area contributed by atoms with Crippen LogP contribution in [0.1, 0.15) is 27.2 Å². The van der Waals surface area contributed by atoms with Gasteiger partial charge in [-0.05, 0) is 20.8 Å². The van der Waals surface area contributed by atoms with E-state index in [2.05, 4.69) is 5.92 Å². The van der Waals surface area contributed by atoms with Crippen molar-refractivity contribution in [1.29, 1.82) is 0 Å². The van der Waals surface area contributed by atoms with Crippen LogP contribution in [0, 0.1) is 12.3 Å². The summed E-state index contributed by atoms with van der Waals surface area (Å²) in [5, 5.41) is 0. The summed E-state index contributed by atoms with van der Waals surface area (Å²) in [6.07, 6.45) is 5.29. The second kappa shape index (κ2) is 19.1. The molecule has 0 unspecified atom stereocenters. The van der Waals surface area contributed by atoms with Gasteiger partial charge in [-0.3, -0.25) is 4.79 Å². The van der Waals surface area contributed by atoms with E-state index in [4.69, 9.17) is 39.6 Å². The van der Waals surface area contributed by atoms with E-state index in [-0.39, 0.29) is 12.4 Å². The first-order valence-corrected chi connectivity index (χ1v) is 9.57. The van der Waals surface area contributed by atoms with E-state index in [1.54, 1.807) is 0 Å². The lowest BCUT2D eigenvalue weighted by molar-refractivity contribution is -0.156. The van der Waals surface area contributed by atoms with E-state index < -0.39 is 5.60 Å². The quantitative estimate of drug-likeness (QED) is 0.182. The number of carbonyl (C=O) groups is 1. The third kappa shape index (κ3) is 22.8. The monoisotopic (exact) mass is 404 g/mol. The molecule has 0 amide bonds. The van der Waals surface area contributed by atoms with Crippen LogP contribution in [0.2, 0.25) is 0 Å². The maximum absolute atomic E-state index is 11.5. The predicted octanol–water partition coefficient (Wildman–Crippen LogP) is 1.45. The third-order valence-electron chi connectivity index (χ3n) is 2.92. The van der Waals surface area contributed by atoms with Crippen molar-refractivity contribution in [1.82, 2.24) is 0 Å². The van der Waals surface area contributed by atoms with Crippen LogP contribution in [0.4, 0.5) is 0 Å². The zero-order valence-corrected chi connectivity index (χ0v) is 17.5. The fraction of sp³-hybridized carbons (Fsp3) is 0.850. The van der Waals surface area contributed by atoms with E-state index in [1.807, 2.05) is 20.8 Å². The highest BCUT2D eigenvalue weighted by Crippen LogP contribution is 2.07. The normalized spacial score (nSPS) is 11.4. The van der Waals surface area contributed by atoms with Crippen molar-refractivity contribution in [2.75, 3.05) is 79.3 Å². The van der Waals surface area contributed by atoms with Crippen molar-refractivity contribution in [2.45, 2.75) is 32.8 Å². The lowest BCUT2D eigenvalue weighted by Crippen LogP contribution is -2.24. The summed E-state index contributed by atoms with van der Waals surface area (Å²) < 4.78 is 37.0. The predicted molar refractivity (Wildman–Crippen MR) is 104 cm³/mol. The number of ether oxygens (including phenoxy) is 7. The molecule has 0 heterocycles. The van der Waals surface area contributed by atoms with Crippen molar-refractivity contribution in [3.8, 4) is 12.3 Å². The Morgan fingerprint density at radius 3 is 1.39 bits per heavy atom. The summed E-state index contributed by atoms with van der Waals surface area (Å²) in [5.41, 5.74) is -0.461. The molecule has 0 atom stereocenters. The summed E-state index contributed by atoms with van der Waals surface area (Å²) in [6, 6.07) is 0. The molecule has 0 rings (SSSR count). The van der Waals surface area contributed by atoms with Crippen LogP contribution in [-0.2, 0) is 38.0 Å². The topological polar surface area (TPSA) is 81.7 Å². The molecule has 0 radical (unpaired) electrons. The molecule has 0 aliphatic rings. The highest BCUT2D eigenvalue weighted by molar-refractivity contribution is 5.69. The van der Waals surface area contributed by atoms with Crippen molar-refractivity contribution >= 4 is 5.97 Å². The fourth-order valence-corrected chi connectivity index (χ4v) is 1.78. The Morgan fingerprint density at radius 2 is 1.04 bits per heavy atom. The first kappa shape index (κ1) is 26.8. The van der Waals surface area contributed by atoms with Gasteiger partial charge in [-0.15, -0.1) is 6.42 Å². The Hall–Kier alpha value is -1.21. The number of terminal acetylenes is 1. The van der Waals surface area contributed by atoms with Crippen molar-refractivity contribution in [3.63, 3.8) is 0 Å². The van der Waals surface area contributed by atoms with Crippen LogP contribution >= 0.6 is 0 Å². The molecule has 0 spiro atoms. The fourth-order valence-electron chi connectivity index (χ4n) is 1.78. The zero-order valence-electron chi connectivity index (χ0n) is 17.5. The van der Waals surface area contributed by atoms with Gasteiger partial charge in [-0.2, -0.15) is 0 Å². The number of rotatable bonds is 19. The molecule has 0 aromatic heterocycles. The minimum Gasteiger partial charge on any atom is -0.460 e. The van der Waals surface area contributed by atoms with E-state index >= 15 is 0 Å². The Morgan fingerprint density at radius 1 is 0.679 bits per heavy atom. The molecule has 0 fully saturated rings. The minimum atomic E-state index is -0.461. The second-order valence-corrected chi connectivity index (χ2v) is 6.66. The Bertz CT molecular complexity index is 400. The van der Waals surface area contributed by atoms with Crippen LogP contribution in [0.5, 0.6) is 0 Å². The highest BCUT2D eigenvalue weighted by Gasteiger charge is 2.15. The standard InChI is InChI=1S/C20H36O8/c1-5-7-22-9-11-24-13-15-26-17-18-27-16-14-25-12-10-23-8-6-19(21)28-20(2,3)4/h1H,6-18H2,2-4H3. The van der Waals surface area contributed by atoms with Gasteiger partial charge in [-0.1, -0.05) is 5.92 Å². The van der Waals surface area contributed by atoms with E-state index in [0.717, 1.165) is 0 Å². The summed E-state index contributed by atoms with van der Waals surface area (Å²) in [7, 11) is 0. The first-order chi connectivity index (χ1) is 13.5. The van der Waals surface area contributed by atoms with Gasteiger partial charge in [0, 0.05) is 0 Å². The van der Waals surface area contributed by atoms with Crippen LogP contribution in [0.15, 0.2) is 0 Å². The average Bonchev–Trinajstić information content (AvgIpc) is 2.62. The molecule has 0 aliphatic carbocycles. The Kier molecular flexibility index (Phi) is 18.3. The molecule has 28 heavy (non-hydrogen) atoms. The van der Waals surface area contributed by atoms with E-state index in [1.165, 1.54) is 0 Å². The molecule has 8 heteroatoms. The number of hydrogen-bond acceptors (Lipinski definition) is 8. The highest BCUT2D eigenvalue weighted by atomic mass is 16.6. The average molecular weight is 405 g/mol. The maximum atomic E-state index is 11.5. The van der Waals surface area contributed by atoms with Crippen molar-refractivity contribution < 1.29 is 38.0 Å². The lowest BCUT2D eigenvalue weighted by Gasteiger charge is -2.19. The van der Waals surface area contributed by atoms with Gasteiger partial charge in [0.15, 0.2) is 0 Å². The van der Waals surface area contributed by atoms with Gasteiger partial charge < -0.3 is 33.2 Å². The number of esters is 1. The molecule has 0 saturated heterocycles. The lowest BCUT2D eigenvalue weighted by atomic mass is 10.2. The Balaban J connectivity index is 3.12. The van der Waals surface area contributed by atoms with Gasteiger partial charge >= 0.3 is 5.97 Å². The summed E-state index contributed by atoms with van der Waals surface area (Å²) in [6.45, 7) is 11.0. The van der Waals surface area contributed by atoms with Crippen LogP contribution in [0.25, 0.3) is 0 Å². The summed E-state index contributed by atoms with van der Waals surface area (Å²) >= 11 is 0. The second-order valence-electron chi connectivity index (χ2n) is 6.66. The molecule has 8 nitrogen and oxygen atoms in total.